The summed E-state index contributed by atoms with van der Waals surface area (Å²) in [7, 11) is 0. The van der Waals surface area contributed by atoms with Crippen LogP contribution in [0.3, 0.4) is 0 Å². The lowest BCUT2D eigenvalue weighted by Gasteiger charge is -2.10. The number of rotatable bonds is 7. The Balaban J connectivity index is 1.76. The first-order chi connectivity index (χ1) is 10.6. The number of anilines is 1. The predicted octanol–water partition coefficient (Wildman–Crippen LogP) is 2.98. The van der Waals surface area contributed by atoms with Crippen molar-refractivity contribution in [1.29, 1.82) is 0 Å². The highest BCUT2D eigenvalue weighted by atomic mass is 16.1. The largest absolute Gasteiger partial charge is 0.350 e. The minimum atomic E-state index is -0.0228. The summed E-state index contributed by atoms with van der Waals surface area (Å²) in [6.45, 7) is 4.72. The van der Waals surface area contributed by atoms with E-state index in [2.05, 4.69) is 16.2 Å². The van der Waals surface area contributed by atoms with E-state index in [1.807, 2.05) is 68.4 Å². The van der Waals surface area contributed by atoms with Crippen molar-refractivity contribution >= 4 is 11.6 Å². The molecule has 4 nitrogen and oxygen atoms in total. The number of carbonyl (C=O) groups excluding carboxylic acids is 1. The number of nitrogens with one attached hydrogen (secondary N) is 3. The number of benzene rings is 2. The van der Waals surface area contributed by atoms with Gasteiger partial charge in [0, 0.05) is 23.8 Å². The summed E-state index contributed by atoms with van der Waals surface area (Å²) < 4.78 is 0. The molecule has 0 saturated heterocycles. The molecule has 0 aliphatic rings. The van der Waals surface area contributed by atoms with Crippen molar-refractivity contribution in [1.82, 2.24) is 10.7 Å². The van der Waals surface area contributed by atoms with Crippen LogP contribution in [0, 0.1) is 0 Å². The molecular weight excluding hydrogens is 274 g/mol. The normalized spacial score (nSPS) is 10.5. The molecule has 0 spiro atoms. The monoisotopic (exact) mass is 297 g/mol. The fourth-order valence-corrected chi connectivity index (χ4v) is 2.06. The molecule has 3 N–H and O–H groups in total. The maximum atomic E-state index is 11.9. The fourth-order valence-electron chi connectivity index (χ4n) is 2.06. The van der Waals surface area contributed by atoms with Crippen LogP contribution in [0.15, 0.2) is 54.6 Å². The number of hydrogen-bond donors (Lipinski definition) is 3. The van der Waals surface area contributed by atoms with Crippen molar-refractivity contribution in [2.75, 3.05) is 12.0 Å². The van der Waals surface area contributed by atoms with E-state index in [1.54, 1.807) is 0 Å². The van der Waals surface area contributed by atoms with Gasteiger partial charge in [0.25, 0.3) is 5.91 Å². The summed E-state index contributed by atoms with van der Waals surface area (Å²) in [6, 6.07) is 17.9. The molecule has 0 aliphatic heterocycles. The molecule has 0 heterocycles. The quantitative estimate of drug-likeness (QED) is 0.544. The Morgan fingerprint density at radius 2 is 1.68 bits per heavy atom. The first-order valence-corrected chi connectivity index (χ1v) is 7.59. The predicted molar refractivity (Wildman–Crippen MR) is 90.8 cm³/mol. The van der Waals surface area contributed by atoms with Crippen molar-refractivity contribution in [3.05, 3.63) is 65.7 Å². The van der Waals surface area contributed by atoms with Crippen LogP contribution in [-0.2, 0) is 6.42 Å². The molecule has 2 aromatic carbocycles. The van der Waals surface area contributed by atoms with Crippen LogP contribution in [0.2, 0.25) is 0 Å². The Kier molecular flexibility index (Phi) is 5.98. The lowest BCUT2D eigenvalue weighted by molar-refractivity contribution is 0.0943. The summed E-state index contributed by atoms with van der Waals surface area (Å²) in [4.78, 5) is 11.9. The zero-order chi connectivity index (χ0) is 15.8. The lowest BCUT2D eigenvalue weighted by atomic mass is 10.1. The summed E-state index contributed by atoms with van der Waals surface area (Å²) in [6.07, 6.45) is 0.895. The molecule has 0 unspecified atom stereocenters. The fraction of sp³-hybridized carbons (Fsp3) is 0.278. The second-order valence-corrected chi connectivity index (χ2v) is 5.49. The third-order valence-electron chi connectivity index (χ3n) is 3.18. The molecule has 116 valence electrons. The van der Waals surface area contributed by atoms with E-state index in [0.29, 0.717) is 5.56 Å². The molecule has 4 heteroatoms. The van der Waals surface area contributed by atoms with Crippen molar-refractivity contribution in [2.45, 2.75) is 26.3 Å². The second-order valence-electron chi connectivity index (χ2n) is 5.49. The number of para-hydroxylation sites is 1. The van der Waals surface area contributed by atoms with Crippen molar-refractivity contribution in [3.63, 3.8) is 0 Å². The van der Waals surface area contributed by atoms with E-state index in [9.17, 15) is 4.79 Å². The molecule has 0 bridgehead atoms. The van der Waals surface area contributed by atoms with Gasteiger partial charge in [-0.3, -0.25) is 4.79 Å². The number of hydrogen-bond acceptors (Lipinski definition) is 3. The van der Waals surface area contributed by atoms with Gasteiger partial charge < -0.3 is 10.7 Å². The summed E-state index contributed by atoms with van der Waals surface area (Å²) in [5.41, 5.74) is 9.28. The zero-order valence-electron chi connectivity index (χ0n) is 13.1. The van der Waals surface area contributed by atoms with Crippen LogP contribution in [0.25, 0.3) is 0 Å². The first kappa shape index (κ1) is 16.0. The standard InChI is InChI=1S/C18H23N3O/c1-14(2)20-18(22)16-10-8-15(9-11-16)12-13-19-21-17-6-4-3-5-7-17/h3-11,14,19,21H,12-13H2,1-2H3,(H,20,22). The molecule has 0 aromatic heterocycles. The molecular formula is C18H23N3O. The number of hydrazine groups is 1. The van der Waals surface area contributed by atoms with Crippen LogP contribution in [0.1, 0.15) is 29.8 Å². The highest BCUT2D eigenvalue weighted by Crippen LogP contribution is 2.06. The van der Waals surface area contributed by atoms with E-state index in [-0.39, 0.29) is 11.9 Å². The maximum Gasteiger partial charge on any atom is 0.251 e. The van der Waals surface area contributed by atoms with Gasteiger partial charge in [0.05, 0.1) is 0 Å². The van der Waals surface area contributed by atoms with Crippen LogP contribution < -0.4 is 16.2 Å². The highest BCUT2D eigenvalue weighted by Gasteiger charge is 2.06. The van der Waals surface area contributed by atoms with Crippen molar-refractivity contribution in [2.24, 2.45) is 0 Å². The van der Waals surface area contributed by atoms with Crippen molar-refractivity contribution < 1.29 is 4.79 Å². The van der Waals surface area contributed by atoms with Gasteiger partial charge in [0.1, 0.15) is 0 Å². The van der Waals surface area contributed by atoms with Crippen molar-refractivity contribution in [3.8, 4) is 0 Å². The van der Waals surface area contributed by atoms with Gasteiger partial charge in [0.15, 0.2) is 0 Å². The summed E-state index contributed by atoms with van der Waals surface area (Å²) in [5.74, 6) is -0.0228. The Morgan fingerprint density at radius 3 is 2.32 bits per heavy atom. The Bertz CT molecular complexity index is 579. The molecule has 0 saturated carbocycles. The van der Waals surface area contributed by atoms with Crippen LogP contribution >= 0.6 is 0 Å². The number of amides is 1. The SMILES string of the molecule is CC(C)NC(=O)c1ccc(CCNNc2ccccc2)cc1. The molecule has 0 atom stereocenters. The molecule has 0 aliphatic carbocycles. The molecule has 0 fully saturated rings. The second kappa shape index (κ2) is 8.20. The van der Waals surface area contributed by atoms with E-state index in [4.69, 9.17) is 0 Å². The maximum absolute atomic E-state index is 11.9. The average molecular weight is 297 g/mol. The number of carbonyl (C=O) groups is 1. The van der Waals surface area contributed by atoms with Gasteiger partial charge in [-0.2, -0.15) is 0 Å². The summed E-state index contributed by atoms with van der Waals surface area (Å²) >= 11 is 0. The Hall–Kier alpha value is -2.33. The Labute approximate surface area is 131 Å². The van der Waals surface area contributed by atoms with Gasteiger partial charge in [-0.15, -0.1) is 0 Å². The van der Waals surface area contributed by atoms with E-state index in [0.717, 1.165) is 18.7 Å². The minimum Gasteiger partial charge on any atom is -0.350 e. The topological polar surface area (TPSA) is 53.2 Å². The van der Waals surface area contributed by atoms with Gasteiger partial charge in [-0.25, -0.2) is 5.43 Å². The molecule has 2 aromatic rings. The summed E-state index contributed by atoms with van der Waals surface area (Å²) in [5, 5.41) is 2.89. The zero-order valence-corrected chi connectivity index (χ0v) is 13.1. The van der Waals surface area contributed by atoms with Crippen LogP contribution in [0.4, 0.5) is 5.69 Å². The Morgan fingerprint density at radius 1 is 1.00 bits per heavy atom. The average Bonchev–Trinajstić information content (AvgIpc) is 2.52. The van der Waals surface area contributed by atoms with Gasteiger partial charge in [-0.1, -0.05) is 30.3 Å². The molecule has 0 radical (unpaired) electrons. The molecule has 2 rings (SSSR count). The molecule has 1 amide bonds. The van der Waals surface area contributed by atoms with Gasteiger partial charge >= 0.3 is 0 Å². The van der Waals surface area contributed by atoms with E-state index >= 15 is 0 Å². The van der Waals surface area contributed by atoms with Crippen LogP contribution in [0.5, 0.6) is 0 Å². The van der Waals surface area contributed by atoms with E-state index in [1.165, 1.54) is 5.56 Å². The van der Waals surface area contributed by atoms with Crippen LogP contribution in [-0.4, -0.2) is 18.5 Å². The van der Waals surface area contributed by atoms with Gasteiger partial charge in [-0.05, 0) is 50.1 Å². The first-order valence-electron chi connectivity index (χ1n) is 7.59. The van der Waals surface area contributed by atoms with E-state index < -0.39 is 0 Å². The smallest absolute Gasteiger partial charge is 0.251 e. The minimum absolute atomic E-state index is 0.0228. The molecule has 22 heavy (non-hydrogen) atoms. The van der Waals surface area contributed by atoms with Gasteiger partial charge in [0.2, 0.25) is 0 Å². The highest BCUT2D eigenvalue weighted by molar-refractivity contribution is 5.94. The lowest BCUT2D eigenvalue weighted by Crippen LogP contribution is -2.30. The third kappa shape index (κ3) is 5.22. The third-order valence-corrected chi connectivity index (χ3v) is 3.18.